The molecule has 290 valence electrons. The van der Waals surface area contributed by atoms with E-state index >= 15 is 0 Å². The lowest BCUT2D eigenvalue weighted by Crippen LogP contribution is -1.99. The van der Waals surface area contributed by atoms with E-state index in [0.29, 0.717) is 18.8 Å². The first-order valence-electron chi connectivity index (χ1n) is 19.4. The quantitative estimate of drug-likeness (QED) is 0.0943. The normalized spacial score (nSPS) is 10.6. The Balaban J connectivity index is 0.000000164. The number of aromatic nitrogens is 4. The minimum Gasteiger partial charge on any atom is -0.494 e. The smallest absolute Gasteiger partial charge is 0.150 e. The summed E-state index contributed by atoms with van der Waals surface area (Å²) in [5.41, 5.74) is 18.0. The maximum atomic E-state index is 10.8. The fourth-order valence-electron chi connectivity index (χ4n) is 6.24. The molecule has 8 rings (SSSR count). The summed E-state index contributed by atoms with van der Waals surface area (Å²) < 4.78 is 15.0. The lowest BCUT2D eigenvalue weighted by Gasteiger charge is -2.09. The van der Waals surface area contributed by atoms with Gasteiger partial charge in [0, 0.05) is 34.9 Å². The van der Waals surface area contributed by atoms with Crippen LogP contribution in [-0.4, -0.2) is 38.6 Å². The van der Waals surface area contributed by atoms with E-state index in [9.17, 15) is 4.79 Å². The summed E-state index contributed by atoms with van der Waals surface area (Å²) in [6, 6.07) is 44.4. The first-order valence-corrected chi connectivity index (χ1v) is 19.4. The lowest BCUT2D eigenvalue weighted by molar-refractivity contribution is 0.112. The van der Waals surface area contributed by atoms with Gasteiger partial charge in [-0.15, -0.1) is 0 Å². The number of hydrogen-bond acceptors (Lipinski definition) is 7. The van der Waals surface area contributed by atoms with Crippen LogP contribution >= 0.6 is 0 Å². The Morgan fingerprint density at radius 1 is 0.579 bits per heavy atom. The van der Waals surface area contributed by atoms with Gasteiger partial charge in [0.1, 0.15) is 30.4 Å². The zero-order chi connectivity index (χ0) is 40.0. The monoisotopic (exact) mass is 758 g/mol. The van der Waals surface area contributed by atoms with Crippen molar-refractivity contribution in [2.75, 3.05) is 24.3 Å². The fourth-order valence-corrected chi connectivity index (χ4v) is 6.24. The van der Waals surface area contributed by atoms with Crippen LogP contribution in [0, 0.1) is 0 Å². The predicted molar refractivity (Wildman–Crippen MR) is 233 cm³/mol. The van der Waals surface area contributed by atoms with Crippen LogP contribution in [0.4, 0.5) is 11.4 Å². The highest BCUT2D eigenvalue weighted by Crippen LogP contribution is 2.24. The molecule has 0 radical (unpaired) electrons. The minimum atomic E-state index is 0.634. The Morgan fingerprint density at radius 3 is 1.54 bits per heavy atom. The van der Waals surface area contributed by atoms with Crippen molar-refractivity contribution in [3.63, 3.8) is 0 Å². The van der Waals surface area contributed by atoms with Crippen molar-refractivity contribution in [1.29, 1.82) is 0 Å². The molecule has 57 heavy (non-hydrogen) atoms. The highest BCUT2D eigenvalue weighted by Gasteiger charge is 2.08. The van der Waals surface area contributed by atoms with Crippen LogP contribution in [0.2, 0.25) is 0 Å². The Labute approximate surface area is 334 Å². The van der Waals surface area contributed by atoms with E-state index in [-0.39, 0.29) is 0 Å². The van der Waals surface area contributed by atoms with Crippen molar-refractivity contribution in [1.82, 2.24) is 19.1 Å². The van der Waals surface area contributed by atoms with Crippen LogP contribution in [0.1, 0.15) is 54.7 Å². The number of aryl methyl sites for hydroxylation is 2. The van der Waals surface area contributed by atoms with Gasteiger partial charge in [0.05, 0.1) is 35.3 Å². The van der Waals surface area contributed by atoms with Gasteiger partial charge in [-0.3, -0.25) is 13.9 Å². The summed E-state index contributed by atoms with van der Waals surface area (Å²) in [5, 5.41) is 3.49. The fraction of sp³-hybridized carbons (Fsp3) is 0.188. The minimum absolute atomic E-state index is 0.634. The third kappa shape index (κ3) is 10.5. The van der Waals surface area contributed by atoms with E-state index in [4.69, 9.17) is 15.2 Å². The topological polar surface area (TPSA) is 109 Å². The summed E-state index contributed by atoms with van der Waals surface area (Å²) in [4.78, 5) is 19.7. The summed E-state index contributed by atoms with van der Waals surface area (Å²) in [7, 11) is 0. The first kappa shape index (κ1) is 39.8. The van der Waals surface area contributed by atoms with Crippen LogP contribution in [0.15, 0.2) is 146 Å². The van der Waals surface area contributed by atoms with E-state index in [1.165, 1.54) is 16.7 Å². The van der Waals surface area contributed by atoms with Crippen LogP contribution in [0.3, 0.4) is 0 Å². The van der Waals surface area contributed by atoms with Crippen molar-refractivity contribution >= 4 is 39.7 Å². The molecule has 0 aliphatic heterocycles. The van der Waals surface area contributed by atoms with Gasteiger partial charge in [-0.25, -0.2) is 9.97 Å². The Morgan fingerprint density at radius 2 is 1.05 bits per heavy atom. The molecule has 2 aromatic heterocycles. The molecule has 0 aliphatic rings. The van der Waals surface area contributed by atoms with Gasteiger partial charge in [0.25, 0.3) is 0 Å². The van der Waals surface area contributed by atoms with E-state index in [1.54, 1.807) is 18.5 Å². The van der Waals surface area contributed by atoms with Gasteiger partial charge in [0.15, 0.2) is 0 Å². The number of fused-ring (bicyclic) bond motifs is 2. The molecule has 0 unspecified atom stereocenters. The maximum Gasteiger partial charge on any atom is 0.150 e. The third-order valence-electron chi connectivity index (χ3n) is 9.42. The zero-order valence-electron chi connectivity index (χ0n) is 33.1. The van der Waals surface area contributed by atoms with Gasteiger partial charge in [0.2, 0.25) is 0 Å². The molecule has 0 saturated carbocycles. The molecule has 0 amide bonds. The second-order valence-corrected chi connectivity index (χ2v) is 13.3. The summed E-state index contributed by atoms with van der Waals surface area (Å²) in [6.45, 7) is 10.4. The van der Waals surface area contributed by atoms with Gasteiger partial charge in [-0.05, 0) is 147 Å². The van der Waals surface area contributed by atoms with Crippen LogP contribution in [0.25, 0.3) is 33.4 Å². The molecule has 8 aromatic rings. The summed E-state index contributed by atoms with van der Waals surface area (Å²) >= 11 is 0. The molecule has 9 heteroatoms. The molecular weight excluding hydrogens is 709 g/mol. The molecule has 0 bridgehead atoms. The number of imidazole rings is 2. The van der Waals surface area contributed by atoms with Crippen molar-refractivity contribution < 1.29 is 14.3 Å². The standard InChI is InChI=1S/C24H25N3O.C16H14N2O2.C8H11N/c1-3-18-5-8-20(9-6-18)25-16-19-7-14-24-23(15-19)26-17-27(24)21-10-12-22(13-11-21)28-4-2;1-2-20-14-6-4-13(5-7-14)18-11-17-15-9-12(10-19)3-8-16(15)18;1-2-7-3-5-8(9)6-4-7/h5-15,17,25H,3-4,16H2,1-2H3;3-11H,2H2,1H3;3-6H,2,9H2,1H3. The van der Waals surface area contributed by atoms with Crippen LogP contribution < -0.4 is 20.5 Å². The average Bonchev–Trinajstić information content (AvgIpc) is 3.89. The highest BCUT2D eigenvalue weighted by molar-refractivity contribution is 5.85. The van der Waals surface area contributed by atoms with Gasteiger partial charge in [-0.1, -0.05) is 44.2 Å². The largest absolute Gasteiger partial charge is 0.494 e. The maximum absolute atomic E-state index is 10.8. The number of anilines is 2. The number of rotatable bonds is 12. The number of carbonyl (C=O) groups is 1. The molecule has 9 nitrogen and oxygen atoms in total. The number of nitrogens with zero attached hydrogens (tertiary/aromatic N) is 4. The van der Waals surface area contributed by atoms with Gasteiger partial charge in [-0.2, -0.15) is 0 Å². The second kappa shape index (κ2) is 19.6. The molecule has 0 aliphatic carbocycles. The Bertz CT molecular complexity index is 2470. The van der Waals surface area contributed by atoms with Crippen LogP contribution in [-0.2, 0) is 19.4 Å². The van der Waals surface area contributed by atoms with E-state index in [1.807, 2.05) is 79.3 Å². The summed E-state index contributed by atoms with van der Waals surface area (Å²) in [5.74, 6) is 1.74. The molecule has 3 N–H and O–H groups in total. The van der Waals surface area contributed by atoms with E-state index in [2.05, 4.69) is 100 Å². The molecule has 0 atom stereocenters. The van der Waals surface area contributed by atoms with Crippen molar-refractivity contribution in [3.05, 3.63) is 168 Å². The number of hydrogen-bond donors (Lipinski definition) is 2. The van der Waals surface area contributed by atoms with Crippen molar-refractivity contribution in [3.8, 4) is 22.9 Å². The van der Waals surface area contributed by atoms with E-state index in [0.717, 1.165) is 82.0 Å². The number of ether oxygens (including phenoxy) is 2. The molecular formula is C48H50N6O3. The number of aldehydes is 1. The lowest BCUT2D eigenvalue weighted by atomic mass is 10.1. The van der Waals surface area contributed by atoms with Gasteiger partial charge < -0.3 is 20.5 Å². The van der Waals surface area contributed by atoms with E-state index < -0.39 is 0 Å². The summed E-state index contributed by atoms with van der Waals surface area (Å²) in [6.07, 6.45) is 6.61. The molecule has 0 spiro atoms. The number of benzene rings is 6. The number of carbonyl (C=O) groups excluding carboxylic acids is 1. The predicted octanol–water partition coefficient (Wildman–Crippen LogP) is 10.7. The third-order valence-corrected chi connectivity index (χ3v) is 9.42. The van der Waals surface area contributed by atoms with Crippen molar-refractivity contribution in [2.24, 2.45) is 0 Å². The molecule has 2 heterocycles. The molecule has 0 saturated heterocycles. The van der Waals surface area contributed by atoms with Crippen molar-refractivity contribution in [2.45, 2.75) is 47.1 Å². The zero-order valence-corrected chi connectivity index (χ0v) is 33.1. The average molecular weight is 759 g/mol. The number of nitrogens with one attached hydrogen (secondary N) is 1. The van der Waals surface area contributed by atoms with Gasteiger partial charge >= 0.3 is 0 Å². The molecule has 6 aromatic carbocycles. The van der Waals surface area contributed by atoms with Crippen LogP contribution in [0.5, 0.6) is 11.5 Å². The second-order valence-electron chi connectivity index (χ2n) is 13.3. The SMILES string of the molecule is CCOc1ccc(-n2cnc3cc(C=O)ccc32)cc1.CCOc1ccc(-n2cnc3cc(CNc4ccc(CC)cc4)ccc32)cc1.CCc1ccc(N)cc1. The molecule has 0 fully saturated rings. The number of nitrogen functional groups attached to an aromatic ring is 1. The Hall–Kier alpha value is -6.87. The Kier molecular flexibility index (Phi) is 13.7. The number of nitrogens with two attached hydrogens (primary N) is 1. The first-order chi connectivity index (χ1) is 27.9. The highest BCUT2D eigenvalue weighted by atomic mass is 16.5.